The Bertz CT molecular complexity index is 734. The van der Waals surface area contributed by atoms with Crippen molar-refractivity contribution in [1.29, 1.82) is 0 Å². The van der Waals surface area contributed by atoms with E-state index in [-0.39, 0.29) is 24.3 Å². The van der Waals surface area contributed by atoms with E-state index in [0.717, 1.165) is 43.4 Å². The highest BCUT2D eigenvalue weighted by Crippen LogP contribution is 2.38. The van der Waals surface area contributed by atoms with Crippen LogP contribution in [0.4, 0.5) is 0 Å². The average molecular weight is 381 g/mol. The fourth-order valence-corrected chi connectivity index (χ4v) is 5.17. The first-order chi connectivity index (χ1) is 13.7. The van der Waals surface area contributed by atoms with Crippen molar-refractivity contribution in [2.45, 2.75) is 76.8 Å². The van der Waals surface area contributed by atoms with Crippen LogP contribution in [0.25, 0.3) is 0 Å². The number of amides is 2. The summed E-state index contributed by atoms with van der Waals surface area (Å²) in [6.07, 6.45) is 10.9. The van der Waals surface area contributed by atoms with E-state index >= 15 is 0 Å². The Morgan fingerprint density at radius 2 is 1.75 bits per heavy atom. The van der Waals surface area contributed by atoms with E-state index in [1.807, 2.05) is 23.1 Å². The maximum atomic E-state index is 13.2. The molecule has 0 bridgehead atoms. The summed E-state index contributed by atoms with van der Waals surface area (Å²) >= 11 is 0. The van der Waals surface area contributed by atoms with E-state index in [1.165, 1.54) is 37.7 Å². The van der Waals surface area contributed by atoms with Gasteiger partial charge in [0.15, 0.2) is 0 Å². The van der Waals surface area contributed by atoms with Crippen molar-refractivity contribution in [1.82, 2.24) is 10.2 Å². The minimum Gasteiger partial charge on any atom is -0.356 e. The van der Waals surface area contributed by atoms with Crippen LogP contribution in [-0.2, 0) is 16.1 Å². The smallest absolute Gasteiger partial charge is 0.251 e. The zero-order valence-corrected chi connectivity index (χ0v) is 16.8. The Kier molecular flexibility index (Phi) is 6.13. The number of carbonyl (C=O) groups is 2. The van der Waals surface area contributed by atoms with Crippen LogP contribution in [0.5, 0.6) is 0 Å². The van der Waals surface area contributed by atoms with Gasteiger partial charge in [0.05, 0.1) is 12.5 Å². The molecule has 2 amide bonds. The predicted molar refractivity (Wildman–Crippen MR) is 110 cm³/mol. The summed E-state index contributed by atoms with van der Waals surface area (Å²) < 4.78 is 0. The number of benzene rings is 1. The molecule has 2 aliphatic carbocycles. The van der Waals surface area contributed by atoms with Crippen molar-refractivity contribution >= 4 is 11.8 Å². The molecule has 4 rings (SSSR count). The van der Waals surface area contributed by atoms with E-state index in [9.17, 15) is 9.59 Å². The Morgan fingerprint density at radius 3 is 2.54 bits per heavy atom. The van der Waals surface area contributed by atoms with Gasteiger partial charge >= 0.3 is 0 Å². The largest absolute Gasteiger partial charge is 0.356 e. The summed E-state index contributed by atoms with van der Waals surface area (Å²) in [5, 5.41) is 3.12. The first kappa shape index (κ1) is 19.2. The second-order valence-corrected chi connectivity index (χ2v) is 8.67. The second-order valence-electron chi connectivity index (χ2n) is 8.67. The van der Waals surface area contributed by atoms with Gasteiger partial charge in [0.2, 0.25) is 5.91 Å². The standard InChI is InChI=1S/C24H32N2O2/c27-23(25-16-18-9-3-1-4-10-18)15-21-20-13-7-8-14-22(20)26(24(21)28)17-19-11-5-2-6-12-19/h2,5-6,11-12,18,22H,1,3-4,7-10,13-17H2,(H,25,27). The maximum Gasteiger partial charge on any atom is 0.251 e. The molecule has 1 unspecified atom stereocenters. The molecule has 0 saturated heterocycles. The zero-order valence-electron chi connectivity index (χ0n) is 16.8. The van der Waals surface area contributed by atoms with Crippen LogP contribution < -0.4 is 5.32 Å². The number of rotatable bonds is 6. The summed E-state index contributed by atoms with van der Waals surface area (Å²) in [6.45, 7) is 1.41. The lowest BCUT2D eigenvalue weighted by molar-refractivity contribution is -0.129. The van der Waals surface area contributed by atoms with Gasteiger partial charge in [-0.1, -0.05) is 56.0 Å². The van der Waals surface area contributed by atoms with Crippen LogP contribution in [0.1, 0.15) is 69.8 Å². The molecular formula is C24H32N2O2. The van der Waals surface area contributed by atoms with E-state index < -0.39 is 0 Å². The molecule has 4 nitrogen and oxygen atoms in total. The van der Waals surface area contributed by atoms with Crippen LogP contribution in [0.15, 0.2) is 41.5 Å². The molecule has 1 aliphatic heterocycles. The van der Waals surface area contributed by atoms with Gasteiger partial charge in [0.25, 0.3) is 5.91 Å². The molecule has 0 radical (unpaired) electrons. The van der Waals surface area contributed by atoms with Gasteiger partial charge in [-0.15, -0.1) is 0 Å². The quantitative estimate of drug-likeness (QED) is 0.797. The SMILES string of the molecule is O=C(CC1=C2CCCCC2N(Cc2ccccc2)C1=O)NCC1CCCCC1. The predicted octanol–water partition coefficient (Wildman–Crippen LogP) is 4.35. The average Bonchev–Trinajstić information content (AvgIpc) is 3.00. The van der Waals surface area contributed by atoms with Crippen molar-refractivity contribution < 1.29 is 9.59 Å². The number of carbonyl (C=O) groups excluding carboxylic acids is 2. The summed E-state index contributed by atoms with van der Waals surface area (Å²) in [5.74, 6) is 0.720. The van der Waals surface area contributed by atoms with Gasteiger partial charge in [0.1, 0.15) is 0 Å². The third-order valence-electron chi connectivity index (χ3n) is 6.70. The number of fused-ring (bicyclic) bond motifs is 1. The molecule has 2 saturated carbocycles. The highest BCUT2D eigenvalue weighted by molar-refractivity contribution is 6.02. The lowest BCUT2D eigenvalue weighted by Crippen LogP contribution is -2.36. The number of nitrogens with one attached hydrogen (secondary N) is 1. The number of nitrogens with zero attached hydrogens (tertiary/aromatic N) is 1. The van der Waals surface area contributed by atoms with Gasteiger partial charge in [-0.05, 0) is 49.2 Å². The highest BCUT2D eigenvalue weighted by Gasteiger charge is 2.40. The minimum atomic E-state index is 0.0207. The number of hydrogen-bond acceptors (Lipinski definition) is 2. The molecule has 1 heterocycles. The Hall–Kier alpha value is -2.10. The first-order valence-electron chi connectivity index (χ1n) is 11.1. The summed E-state index contributed by atoms with van der Waals surface area (Å²) in [6, 6.07) is 10.4. The summed E-state index contributed by atoms with van der Waals surface area (Å²) in [7, 11) is 0. The highest BCUT2D eigenvalue weighted by atomic mass is 16.2. The number of hydrogen-bond donors (Lipinski definition) is 1. The van der Waals surface area contributed by atoms with Crippen LogP contribution in [0, 0.1) is 5.92 Å². The van der Waals surface area contributed by atoms with Crippen molar-refractivity contribution in [3.05, 3.63) is 47.0 Å². The molecule has 3 aliphatic rings. The fourth-order valence-electron chi connectivity index (χ4n) is 5.17. The summed E-state index contributed by atoms with van der Waals surface area (Å²) in [4.78, 5) is 27.8. The van der Waals surface area contributed by atoms with E-state index in [4.69, 9.17) is 0 Å². The van der Waals surface area contributed by atoms with Crippen molar-refractivity contribution in [3.63, 3.8) is 0 Å². The normalized spacial score (nSPS) is 23.1. The Labute approximate surface area is 168 Å². The van der Waals surface area contributed by atoms with Crippen molar-refractivity contribution in [3.8, 4) is 0 Å². The van der Waals surface area contributed by atoms with E-state index in [2.05, 4.69) is 17.4 Å². The van der Waals surface area contributed by atoms with Gasteiger partial charge < -0.3 is 10.2 Å². The van der Waals surface area contributed by atoms with Crippen LogP contribution in [0.3, 0.4) is 0 Å². The van der Waals surface area contributed by atoms with Crippen molar-refractivity contribution in [2.24, 2.45) is 5.92 Å². The zero-order chi connectivity index (χ0) is 19.3. The molecule has 1 atom stereocenters. The maximum absolute atomic E-state index is 13.2. The van der Waals surface area contributed by atoms with E-state index in [0.29, 0.717) is 12.5 Å². The molecule has 0 aromatic heterocycles. The van der Waals surface area contributed by atoms with Gasteiger partial charge in [-0.3, -0.25) is 9.59 Å². The van der Waals surface area contributed by atoms with E-state index in [1.54, 1.807) is 0 Å². The van der Waals surface area contributed by atoms with Crippen molar-refractivity contribution in [2.75, 3.05) is 6.54 Å². The second kappa shape index (κ2) is 8.93. The fraction of sp³-hybridized carbons (Fsp3) is 0.583. The third-order valence-corrected chi connectivity index (χ3v) is 6.70. The monoisotopic (exact) mass is 380 g/mol. The minimum absolute atomic E-state index is 0.0207. The molecule has 150 valence electrons. The molecular weight excluding hydrogens is 348 g/mol. The van der Waals surface area contributed by atoms with Gasteiger partial charge in [0, 0.05) is 18.7 Å². The Morgan fingerprint density at radius 1 is 1.00 bits per heavy atom. The van der Waals surface area contributed by atoms with Crippen LogP contribution >= 0.6 is 0 Å². The molecule has 1 aromatic rings. The topological polar surface area (TPSA) is 49.4 Å². The molecule has 28 heavy (non-hydrogen) atoms. The lowest BCUT2D eigenvalue weighted by atomic mass is 9.88. The molecule has 1 aromatic carbocycles. The summed E-state index contributed by atoms with van der Waals surface area (Å²) in [5.41, 5.74) is 3.17. The lowest BCUT2D eigenvalue weighted by Gasteiger charge is -2.30. The first-order valence-corrected chi connectivity index (χ1v) is 11.1. The molecule has 2 fully saturated rings. The molecule has 1 N–H and O–H groups in total. The third kappa shape index (κ3) is 4.31. The van der Waals surface area contributed by atoms with Gasteiger partial charge in [-0.25, -0.2) is 0 Å². The van der Waals surface area contributed by atoms with Gasteiger partial charge in [-0.2, -0.15) is 0 Å². The van der Waals surface area contributed by atoms with Crippen LogP contribution in [-0.4, -0.2) is 29.3 Å². The Balaban J connectivity index is 1.41. The molecule has 0 spiro atoms. The molecule has 4 heteroatoms. The van der Waals surface area contributed by atoms with Crippen LogP contribution in [0.2, 0.25) is 0 Å².